The van der Waals surface area contributed by atoms with Gasteiger partial charge in [-0.05, 0) is 166 Å². The first-order chi connectivity index (χ1) is 30.7. The molecule has 1 aliphatic heterocycles. The summed E-state index contributed by atoms with van der Waals surface area (Å²) in [7, 11) is 0. The molecule has 0 unspecified atom stereocenters. The van der Waals surface area contributed by atoms with Crippen LogP contribution in [-0.2, 0) is 5.41 Å². The normalized spacial score (nSPS) is 22.4. The van der Waals surface area contributed by atoms with Gasteiger partial charge >= 0.3 is 0 Å². The molecule has 0 radical (unpaired) electrons. The van der Waals surface area contributed by atoms with Gasteiger partial charge in [-0.3, -0.25) is 0 Å². The van der Waals surface area contributed by atoms with Gasteiger partial charge in [-0.25, -0.2) is 15.0 Å². The number of rotatable bonds is 4. The second-order valence-corrected chi connectivity index (χ2v) is 18.4. The fourth-order valence-electron chi connectivity index (χ4n) is 13.0. The molecule has 0 amide bonds. The number of hydrogen-bond acceptors (Lipinski definition) is 5. The highest BCUT2D eigenvalue weighted by Crippen LogP contribution is 2.71. The van der Waals surface area contributed by atoms with Crippen LogP contribution < -0.4 is 9.64 Å². The fraction of sp³-hybridized carbons (Fsp3) is 0.175. The van der Waals surface area contributed by atoms with Gasteiger partial charge in [0.2, 0.25) is 0 Å². The van der Waals surface area contributed by atoms with Gasteiger partial charge < -0.3 is 9.64 Å². The van der Waals surface area contributed by atoms with Gasteiger partial charge in [0.1, 0.15) is 0 Å². The highest BCUT2D eigenvalue weighted by Gasteiger charge is 2.62. The molecule has 5 nitrogen and oxygen atoms in total. The molecule has 0 N–H and O–H groups in total. The zero-order valence-electron chi connectivity index (χ0n) is 34.2. The first-order valence-corrected chi connectivity index (χ1v) is 22.4. The van der Waals surface area contributed by atoms with E-state index < -0.39 is 0 Å². The molecule has 2 heterocycles. The third-order valence-electron chi connectivity index (χ3n) is 15.2. The van der Waals surface area contributed by atoms with Gasteiger partial charge in [0.25, 0.3) is 0 Å². The van der Waals surface area contributed by atoms with E-state index in [1.165, 1.54) is 81.5 Å². The maximum atomic E-state index is 6.34. The van der Waals surface area contributed by atoms with E-state index in [4.69, 9.17) is 19.7 Å². The smallest absolute Gasteiger partial charge is 0.165 e. The van der Waals surface area contributed by atoms with Crippen LogP contribution in [0.4, 0.5) is 17.1 Å². The minimum absolute atomic E-state index is 0.104. The Morgan fingerprint density at radius 1 is 0.468 bits per heavy atom. The average molecular weight is 799 g/mol. The molecular weight excluding hydrogens is 757 g/mol. The molecule has 1 spiro atoms. The number of aromatic nitrogens is 3. The lowest BCUT2D eigenvalue weighted by Gasteiger charge is -2.61. The van der Waals surface area contributed by atoms with Gasteiger partial charge in [-0.15, -0.1) is 0 Å². The van der Waals surface area contributed by atoms with Crippen molar-refractivity contribution in [3.63, 3.8) is 0 Å². The number of benzene rings is 8. The summed E-state index contributed by atoms with van der Waals surface area (Å²) >= 11 is 0. The Morgan fingerprint density at radius 3 is 1.68 bits per heavy atom. The zero-order chi connectivity index (χ0) is 40.5. The molecule has 4 bridgehead atoms. The molecule has 62 heavy (non-hydrogen) atoms. The Bertz CT molecular complexity index is 3230. The standard InChI is InChI=1S/C57H42N4O/c1-2-12-36(13-3-1)54-58-55(37-22-24-43(25-23-37)61-48-18-8-10-20-50(48)62-51-21-11-9-19-49(51)61)60-56(59-54)52-44-17-7-6-16-40(44)32-46-45-31-38-14-4-5-15-39(38)33-47(45)57(53(46)52)41-27-34-26-35(29-41)30-42(57)28-34/h1-25,31-35,41-42H,26-30H2. The average Bonchev–Trinajstić information content (AvgIpc) is 3.59. The molecular formula is C57H42N4O. The lowest BCUT2D eigenvalue weighted by Crippen LogP contribution is -2.55. The lowest BCUT2D eigenvalue weighted by atomic mass is 9.42. The number of nitrogens with zero attached hydrogens (tertiary/aromatic N) is 4. The van der Waals surface area contributed by atoms with Crippen LogP contribution in [0.15, 0.2) is 170 Å². The Balaban J connectivity index is 1.01. The summed E-state index contributed by atoms with van der Waals surface area (Å²) in [6.45, 7) is 0. The fourth-order valence-corrected chi connectivity index (χ4v) is 13.0. The van der Waals surface area contributed by atoms with Gasteiger partial charge in [-0.2, -0.15) is 0 Å². The van der Waals surface area contributed by atoms with Crippen LogP contribution in [0.3, 0.4) is 0 Å². The van der Waals surface area contributed by atoms with Gasteiger partial charge in [-0.1, -0.05) is 103 Å². The molecule has 0 saturated heterocycles. The first-order valence-electron chi connectivity index (χ1n) is 22.4. The Kier molecular flexibility index (Phi) is 7.22. The number of anilines is 3. The third-order valence-corrected chi connectivity index (χ3v) is 15.2. The van der Waals surface area contributed by atoms with Crippen LogP contribution in [0.25, 0.3) is 66.8 Å². The first kappa shape index (κ1) is 34.6. The number of hydrogen-bond donors (Lipinski definition) is 0. The van der Waals surface area contributed by atoms with Crippen LogP contribution >= 0.6 is 0 Å². The monoisotopic (exact) mass is 798 g/mol. The second-order valence-electron chi connectivity index (χ2n) is 18.4. The summed E-state index contributed by atoms with van der Waals surface area (Å²) in [6.07, 6.45) is 6.60. The maximum absolute atomic E-state index is 6.34. The van der Waals surface area contributed by atoms with Crippen molar-refractivity contribution in [2.75, 3.05) is 4.90 Å². The van der Waals surface area contributed by atoms with Crippen molar-refractivity contribution < 1.29 is 4.74 Å². The van der Waals surface area contributed by atoms with Crippen molar-refractivity contribution in [2.24, 2.45) is 23.7 Å². The van der Waals surface area contributed by atoms with Crippen molar-refractivity contribution in [1.82, 2.24) is 15.0 Å². The molecule has 296 valence electrons. The summed E-state index contributed by atoms with van der Waals surface area (Å²) in [5, 5.41) is 5.07. The molecule has 9 aromatic rings. The van der Waals surface area contributed by atoms with Crippen LogP contribution in [0, 0.1) is 23.7 Å². The van der Waals surface area contributed by atoms with Crippen molar-refractivity contribution >= 4 is 38.6 Å². The quantitative estimate of drug-likeness (QED) is 0.177. The molecule has 5 aliphatic carbocycles. The summed E-state index contributed by atoms with van der Waals surface area (Å²) in [5.41, 5.74) is 11.8. The van der Waals surface area contributed by atoms with Crippen LogP contribution in [0.5, 0.6) is 11.5 Å². The van der Waals surface area contributed by atoms with E-state index in [1.807, 2.05) is 24.3 Å². The minimum atomic E-state index is -0.104. The zero-order valence-corrected chi connectivity index (χ0v) is 34.2. The Labute approximate surface area is 360 Å². The van der Waals surface area contributed by atoms with E-state index in [9.17, 15) is 0 Å². The molecule has 4 saturated carbocycles. The van der Waals surface area contributed by atoms with E-state index in [-0.39, 0.29) is 5.41 Å². The summed E-state index contributed by atoms with van der Waals surface area (Å²) < 4.78 is 6.34. The van der Waals surface area contributed by atoms with E-state index in [2.05, 4.69) is 150 Å². The molecule has 1 aromatic heterocycles. The van der Waals surface area contributed by atoms with E-state index in [0.717, 1.165) is 57.3 Å². The third kappa shape index (κ3) is 4.88. The molecule has 6 aliphatic rings. The topological polar surface area (TPSA) is 51.1 Å². The van der Waals surface area contributed by atoms with Gasteiger partial charge in [0, 0.05) is 27.8 Å². The van der Waals surface area contributed by atoms with E-state index in [1.54, 1.807) is 0 Å². The van der Waals surface area contributed by atoms with E-state index in [0.29, 0.717) is 23.5 Å². The summed E-state index contributed by atoms with van der Waals surface area (Å²) in [5.74, 6) is 6.60. The highest BCUT2D eigenvalue weighted by atomic mass is 16.5. The number of para-hydroxylation sites is 4. The molecule has 0 atom stereocenters. The van der Waals surface area contributed by atoms with Crippen LogP contribution in [0.1, 0.15) is 43.2 Å². The lowest BCUT2D eigenvalue weighted by molar-refractivity contribution is -0.0396. The molecule has 15 rings (SSSR count). The van der Waals surface area contributed by atoms with Crippen molar-refractivity contribution in [1.29, 1.82) is 0 Å². The second kappa shape index (κ2) is 13.0. The van der Waals surface area contributed by atoms with E-state index >= 15 is 0 Å². The predicted molar refractivity (Wildman–Crippen MR) is 249 cm³/mol. The van der Waals surface area contributed by atoms with Crippen LogP contribution in [0.2, 0.25) is 0 Å². The molecule has 5 heteroatoms. The van der Waals surface area contributed by atoms with Gasteiger partial charge in [0.15, 0.2) is 29.0 Å². The SMILES string of the molecule is c1ccc(-c2nc(-c3ccc(N4c5ccccc5Oc5ccccc54)cc3)nc(-c3c4c(cc5ccccc35)-c3cc5ccccc5cc3C43C4CC5CC(C4)CC3C5)n2)cc1. The molecule has 4 fully saturated rings. The summed E-state index contributed by atoms with van der Waals surface area (Å²) in [6, 6.07) is 61.1. The predicted octanol–water partition coefficient (Wildman–Crippen LogP) is 14.5. The highest BCUT2D eigenvalue weighted by molar-refractivity contribution is 6.06. The molecule has 8 aromatic carbocycles. The van der Waals surface area contributed by atoms with Crippen molar-refractivity contribution in [3.8, 4) is 56.8 Å². The van der Waals surface area contributed by atoms with Crippen LogP contribution in [-0.4, -0.2) is 15.0 Å². The Hall–Kier alpha value is -7.11. The number of fused-ring (bicyclic) bond motifs is 7. The minimum Gasteiger partial charge on any atom is -0.453 e. The van der Waals surface area contributed by atoms with Gasteiger partial charge in [0.05, 0.1) is 11.4 Å². The maximum Gasteiger partial charge on any atom is 0.165 e. The largest absolute Gasteiger partial charge is 0.453 e. The Morgan fingerprint density at radius 2 is 1.00 bits per heavy atom. The van der Waals surface area contributed by atoms with Crippen molar-refractivity contribution in [3.05, 3.63) is 181 Å². The van der Waals surface area contributed by atoms with Crippen molar-refractivity contribution in [2.45, 2.75) is 37.5 Å². The number of ether oxygens (including phenoxy) is 1. The summed E-state index contributed by atoms with van der Waals surface area (Å²) in [4.78, 5) is 18.7.